The number of nitrogens with one attached hydrogen (secondary N) is 1. The summed E-state index contributed by atoms with van der Waals surface area (Å²) < 4.78 is 33.0. The summed E-state index contributed by atoms with van der Waals surface area (Å²) in [7, 11) is -1.85. The zero-order chi connectivity index (χ0) is 15.5. The van der Waals surface area contributed by atoms with Gasteiger partial charge in [-0.15, -0.1) is 0 Å². The van der Waals surface area contributed by atoms with Gasteiger partial charge in [0.15, 0.2) is 0 Å². The molecule has 0 heterocycles. The number of benzene rings is 1. The van der Waals surface area contributed by atoms with Crippen LogP contribution in [-0.4, -0.2) is 22.1 Å². The normalized spacial score (nSPS) is 16.9. The van der Waals surface area contributed by atoms with Gasteiger partial charge in [-0.1, -0.05) is 19.3 Å². The third-order valence-corrected chi connectivity index (χ3v) is 5.83. The fraction of sp³-hybridized carbons (Fsp3) is 0.625. The summed E-state index contributed by atoms with van der Waals surface area (Å²) in [6.07, 6.45) is 5.96. The highest BCUT2D eigenvalue weighted by molar-refractivity contribution is 7.89. The topological polar surface area (TPSA) is 55.4 Å². The molecule has 21 heavy (non-hydrogen) atoms. The van der Waals surface area contributed by atoms with Crippen molar-refractivity contribution >= 4 is 10.0 Å². The summed E-state index contributed by atoms with van der Waals surface area (Å²) in [5.74, 6) is 1.20. The van der Waals surface area contributed by atoms with Crippen molar-refractivity contribution in [1.29, 1.82) is 0 Å². The maximum absolute atomic E-state index is 12.5. The molecule has 118 valence electrons. The fourth-order valence-electron chi connectivity index (χ4n) is 2.97. The number of sulfonamides is 1. The van der Waals surface area contributed by atoms with Gasteiger partial charge in [0, 0.05) is 6.54 Å². The van der Waals surface area contributed by atoms with Gasteiger partial charge in [0.2, 0.25) is 10.0 Å². The zero-order valence-electron chi connectivity index (χ0n) is 13.1. The molecule has 5 heteroatoms. The molecule has 1 aliphatic carbocycles. The standard InChI is InChI=1S/C16H25NO3S/c1-12-10-16(13(2)9-15(12)20-3)21(18,19)17-11-14-7-5-4-6-8-14/h9-10,14,17H,4-8,11H2,1-3H3. The molecule has 0 aliphatic heterocycles. The van der Waals surface area contributed by atoms with E-state index < -0.39 is 10.0 Å². The number of methoxy groups -OCH3 is 1. The molecule has 1 aromatic rings. The van der Waals surface area contributed by atoms with Gasteiger partial charge in [-0.3, -0.25) is 0 Å². The molecule has 0 saturated heterocycles. The van der Waals surface area contributed by atoms with Gasteiger partial charge in [-0.2, -0.15) is 0 Å². The van der Waals surface area contributed by atoms with Crippen LogP contribution >= 0.6 is 0 Å². The van der Waals surface area contributed by atoms with E-state index in [0.717, 1.165) is 24.2 Å². The van der Waals surface area contributed by atoms with E-state index >= 15 is 0 Å². The number of hydrogen-bond acceptors (Lipinski definition) is 3. The van der Waals surface area contributed by atoms with Crippen molar-refractivity contribution in [2.45, 2.75) is 50.8 Å². The lowest BCUT2D eigenvalue weighted by Crippen LogP contribution is -2.30. The SMILES string of the molecule is COc1cc(C)c(S(=O)(=O)NCC2CCCCC2)cc1C. The minimum atomic E-state index is -3.44. The van der Waals surface area contributed by atoms with Crippen molar-refractivity contribution in [2.75, 3.05) is 13.7 Å². The Morgan fingerprint density at radius 1 is 1.14 bits per heavy atom. The Labute approximate surface area is 127 Å². The van der Waals surface area contributed by atoms with Crippen LogP contribution in [0.2, 0.25) is 0 Å². The molecule has 4 nitrogen and oxygen atoms in total. The van der Waals surface area contributed by atoms with Crippen molar-refractivity contribution in [3.8, 4) is 5.75 Å². The van der Waals surface area contributed by atoms with Gasteiger partial charge in [0.1, 0.15) is 5.75 Å². The lowest BCUT2D eigenvalue weighted by atomic mass is 9.90. The second-order valence-corrected chi connectivity index (χ2v) is 7.68. The van der Waals surface area contributed by atoms with E-state index in [2.05, 4.69) is 4.72 Å². The van der Waals surface area contributed by atoms with E-state index in [-0.39, 0.29) is 0 Å². The summed E-state index contributed by atoms with van der Waals surface area (Å²) in [6.45, 7) is 4.21. The summed E-state index contributed by atoms with van der Waals surface area (Å²) >= 11 is 0. The van der Waals surface area contributed by atoms with Crippen LogP contribution in [0.15, 0.2) is 17.0 Å². The van der Waals surface area contributed by atoms with Gasteiger partial charge < -0.3 is 4.74 Å². The quantitative estimate of drug-likeness (QED) is 0.908. The second kappa shape index (κ2) is 6.79. The molecule has 0 unspecified atom stereocenters. The Kier molecular flexibility index (Phi) is 5.27. The monoisotopic (exact) mass is 311 g/mol. The third-order valence-electron chi connectivity index (χ3n) is 4.27. The van der Waals surface area contributed by atoms with Gasteiger partial charge in [-0.25, -0.2) is 13.1 Å². The zero-order valence-corrected chi connectivity index (χ0v) is 13.9. The molecule has 1 saturated carbocycles. The van der Waals surface area contributed by atoms with E-state index in [1.54, 1.807) is 26.2 Å². The van der Waals surface area contributed by atoms with E-state index in [4.69, 9.17) is 4.74 Å². The molecular formula is C16H25NO3S. The van der Waals surface area contributed by atoms with Crippen LogP contribution in [0.25, 0.3) is 0 Å². The van der Waals surface area contributed by atoms with Crippen LogP contribution in [0.5, 0.6) is 5.75 Å². The van der Waals surface area contributed by atoms with Crippen molar-refractivity contribution in [3.05, 3.63) is 23.3 Å². The van der Waals surface area contributed by atoms with E-state index in [0.29, 0.717) is 22.9 Å². The first-order valence-electron chi connectivity index (χ1n) is 7.59. The molecule has 1 aromatic carbocycles. The highest BCUT2D eigenvalue weighted by Gasteiger charge is 2.21. The number of rotatable bonds is 5. The van der Waals surface area contributed by atoms with Crippen LogP contribution in [0.1, 0.15) is 43.2 Å². The van der Waals surface area contributed by atoms with Crippen LogP contribution in [0.3, 0.4) is 0 Å². The molecule has 0 bridgehead atoms. The first-order valence-corrected chi connectivity index (χ1v) is 9.07. The van der Waals surface area contributed by atoms with Gasteiger partial charge in [0.25, 0.3) is 0 Å². The number of ether oxygens (including phenoxy) is 1. The van der Waals surface area contributed by atoms with Gasteiger partial charge in [0.05, 0.1) is 12.0 Å². The maximum atomic E-state index is 12.5. The van der Waals surface area contributed by atoms with Gasteiger partial charge in [-0.05, 0) is 55.9 Å². The Hall–Kier alpha value is -1.07. The van der Waals surface area contributed by atoms with Crippen molar-refractivity contribution < 1.29 is 13.2 Å². The molecular weight excluding hydrogens is 286 g/mol. The second-order valence-electron chi connectivity index (χ2n) is 5.94. The summed E-state index contributed by atoms with van der Waals surface area (Å²) in [5.41, 5.74) is 1.55. The minimum Gasteiger partial charge on any atom is -0.496 e. The molecule has 0 amide bonds. The van der Waals surface area contributed by atoms with Crippen LogP contribution < -0.4 is 9.46 Å². The Balaban J connectivity index is 2.13. The molecule has 1 N–H and O–H groups in total. The summed E-state index contributed by atoms with van der Waals surface area (Å²) in [6, 6.07) is 3.47. The van der Waals surface area contributed by atoms with Crippen molar-refractivity contribution in [1.82, 2.24) is 4.72 Å². The molecule has 0 radical (unpaired) electrons. The predicted octanol–water partition coefficient (Wildman–Crippen LogP) is 3.17. The maximum Gasteiger partial charge on any atom is 0.240 e. The highest BCUT2D eigenvalue weighted by atomic mass is 32.2. The Bertz CT molecular complexity index is 590. The Morgan fingerprint density at radius 2 is 1.81 bits per heavy atom. The fourth-order valence-corrected chi connectivity index (χ4v) is 4.39. The highest BCUT2D eigenvalue weighted by Crippen LogP contribution is 2.27. The predicted molar refractivity (Wildman–Crippen MR) is 84.2 cm³/mol. The first kappa shape index (κ1) is 16.3. The molecule has 0 spiro atoms. The molecule has 0 aromatic heterocycles. The van der Waals surface area contributed by atoms with E-state index in [1.165, 1.54) is 19.3 Å². The van der Waals surface area contributed by atoms with Gasteiger partial charge >= 0.3 is 0 Å². The number of hydrogen-bond donors (Lipinski definition) is 1. The van der Waals surface area contributed by atoms with Crippen molar-refractivity contribution in [2.24, 2.45) is 5.92 Å². The average Bonchev–Trinajstić information content (AvgIpc) is 2.48. The van der Waals surface area contributed by atoms with E-state index in [9.17, 15) is 8.42 Å². The lowest BCUT2D eigenvalue weighted by molar-refractivity contribution is 0.357. The molecule has 1 fully saturated rings. The minimum absolute atomic E-state index is 0.358. The van der Waals surface area contributed by atoms with Crippen molar-refractivity contribution in [3.63, 3.8) is 0 Å². The van der Waals surface area contributed by atoms with Crippen LogP contribution in [0.4, 0.5) is 0 Å². The summed E-state index contributed by atoms with van der Waals surface area (Å²) in [4.78, 5) is 0.358. The summed E-state index contributed by atoms with van der Waals surface area (Å²) in [5, 5.41) is 0. The van der Waals surface area contributed by atoms with Crippen LogP contribution in [0, 0.1) is 19.8 Å². The number of aryl methyl sites for hydroxylation is 2. The Morgan fingerprint density at radius 3 is 2.43 bits per heavy atom. The molecule has 1 aliphatic rings. The first-order chi connectivity index (χ1) is 9.94. The average molecular weight is 311 g/mol. The third kappa shape index (κ3) is 3.98. The largest absolute Gasteiger partial charge is 0.496 e. The molecule has 2 rings (SSSR count). The molecule has 0 atom stereocenters. The lowest BCUT2D eigenvalue weighted by Gasteiger charge is -2.22. The van der Waals surface area contributed by atoms with E-state index in [1.807, 2.05) is 6.92 Å². The smallest absolute Gasteiger partial charge is 0.240 e. The van der Waals surface area contributed by atoms with Crippen LogP contribution in [-0.2, 0) is 10.0 Å².